The molecule has 1 aliphatic carbocycles. The lowest BCUT2D eigenvalue weighted by Gasteiger charge is -2.09. The summed E-state index contributed by atoms with van der Waals surface area (Å²) >= 11 is 6.04. The van der Waals surface area contributed by atoms with Gasteiger partial charge in [-0.1, -0.05) is 29.8 Å². The smallest absolute Gasteiger partial charge is 0.215 e. The number of hydrogen-bond donors (Lipinski definition) is 1. The van der Waals surface area contributed by atoms with Gasteiger partial charge in [-0.25, -0.2) is 13.1 Å². The molecular weight excluding hydrogens is 344 g/mol. The molecule has 130 valence electrons. The van der Waals surface area contributed by atoms with Gasteiger partial charge in [0.05, 0.1) is 5.75 Å². The van der Waals surface area contributed by atoms with E-state index in [0.717, 1.165) is 0 Å². The average molecular weight is 367 g/mol. The third-order valence-electron chi connectivity index (χ3n) is 4.52. The minimum atomic E-state index is -3.39. The van der Waals surface area contributed by atoms with Crippen molar-refractivity contribution in [2.75, 3.05) is 6.54 Å². The van der Waals surface area contributed by atoms with Gasteiger partial charge in [-0.05, 0) is 56.4 Å². The van der Waals surface area contributed by atoms with Crippen LogP contribution in [0.4, 0.5) is 0 Å². The molecular formula is C18H23ClN2O2S. The third kappa shape index (κ3) is 4.02. The Balaban J connectivity index is 1.60. The highest BCUT2D eigenvalue weighted by Gasteiger charge is 2.26. The fraction of sp³-hybridized carbons (Fsp3) is 0.444. The van der Waals surface area contributed by atoms with Crippen LogP contribution in [0.1, 0.15) is 41.4 Å². The predicted octanol–water partition coefficient (Wildman–Crippen LogP) is 3.76. The van der Waals surface area contributed by atoms with Crippen molar-refractivity contribution in [3.8, 4) is 0 Å². The van der Waals surface area contributed by atoms with Gasteiger partial charge in [-0.3, -0.25) is 0 Å². The fourth-order valence-electron chi connectivity index (χ4n) is 3.21. The summed E-state index contributed by atoms with van der Waals surface area (Å²) in [6, 6.07) is 9.86. The lowest BCUT2D eigenvalue weighted by Crippen LogP contribution is -2.27. The van der Waals surface area contributed by atoms with Gasteiger partial charge < -0.3 is 4.57 Å². The van der Waals surface area contributed by atoms with Crippen LogP contribution in [0, 0.1) is 13.8 Å². The van der Waals surface area contributed by atoms with Crippen LogP contribution in [0.5, 0.6) is 0 Å². The SMILES string of the molecule is Cc1cc(CCNS(=O)(=O)Cc2ccccc2Cl)c(C)n1C1CC1. The lowest BCUT2D eigenvalue weighted by molar-refractivity contribution is 0.580. The molecule has 0 amide bonds. The molecule has 1 heterocycles. The number of nitrogens with one attached hydrogen (secondary N) is 1. The highest BCUT2D eigenvalue weighted by Crippen LogP contribution is 2.38. The molecule has 1 aliphatic rings. The topological polar surface area (TPSA) is 51.1 Å². The zero-order chi connectivity index (χ0) is 17.3. The molecule has 3 rings (SSSR count). The van der Waals surface area contributed by atoms with E-state index >= 15 is 0 Å². The van der Waals surface area contributed by atoms with E-state index in [9.17, 15) is 8.42 Å². The first-order valence-corrected chi connectivity index (χ1v) is 10.3. The number of hydrogen-bond acceptors (Lipinski definition) is 2. The van der Waals surface area contributed by atoms with Gasteiger partial charge in [0, 0.05) is 29.0 Å². The molecule has 0 bridgehead atoms. The first kappa shape index (κ1) is 17.5. The van der Waals surface area contributed by atoms with E-state index in [0.29, 0.717) is 29.6 Å². The fourth-order valence-corrected chi connectivity index (χ4v) is 4.66. The second-order valence-electron chi connectivity index (χ2n) is 6.49. The summed E-state index contributed by atoms with van der Waals surface area (Å²) in [4.78, 5) is 0. The maximum absolute atomic E-state index is 12.2. The van der Waals surface area contributed by atoms with Gasteiger partial charge in [0.2, 0.25) is 10.0 Å². The van der Waals surface area contributed by atoms with Gasteiger partial charge in [0.25, 0.3) is 0 Å². The molecule has 1 fully saturated rings. The van der Waals surface area contributed by atoms with Crippen molar-refractivity contribution in [3.63, 3.8) is 0 Å². The molecule has 2 aromatic rings. The number of aromatic nitrogens is 1. The van der Waals surface area contributed by atoms with Crippen molar-refractivity contribution in [2.24, 2.45) is 0 Å². The van der Waals surface area contributed by atoms with E-state index in [4.69, 9.17) is 11.6 Å². The second-order valence-corrected chi connectivity index (χ2v) is 8.71. The maximum atomic E-state index is 12.2. The van der Waals surface area contributed by atoms with Crippen LogP contribution in [0.2, 0.25) is 5.02 Å². The summed E-state index contributed by atoms with van der Waals surface area (Å²) in [7, 11) is -3.39. The van der Waals surface area contributed by atoms with Crippen LogP contribution in [0.15, 0.2) is 30.3 Å². The highest BCUT2D eigenvalue weighted by molar-refractivity contribution is 7.88. The highest BCUT2D eigenvalue weighted by atomic mass is 35.5. The van der Waals surface area contributed by atoms with Crippen LogP contribution in [0.25, 0.3) is 0 Å². The number of benzene rings is 1. The average Bonchev–Trinajstić information content (AvgIpc) is 3.29. The first-order valence-electron chi connectivity index (χ1n) is 8.25. The number of sulfonamides is 1. The quantitative estimate of drug-likeness (QED) is 0.811. The number of rotatable bonds is 7. The Morgan fingerprint density at radius 1 is 1.21 bits per heavy atom. The molecule has 1 N–H and O–H groups in total. The molecule has 24 heavy (non-hydrogen) atoms. The first-order chi connectivity index (χ1) is 11.4. The Labute approximate surface area is 148 Å². The molecule has 1 saturated carbocycles. The monoisotopic (exact) mass is 366 g/mol. The molecule has 0 atom stereocenters. The molecule has 6 heteroatoms. The van der Waals surface area contributed by atoms with Crippen LogP contribution in [-0.4, -0.2) is 19.5 Å². The zero-order valence-electron chi connectivity index (χ0n) is 14.0. The lowest BCUT2D eigenvalue weighted by atomic mass is 10.2. The summed E-state index contributed by atoms with van der Waals surface area (Å²) in [5.74, 6) is -0.0895. The number of halogens is 1. The van der Waals surface area contributed by atoms with Crippen LogP contribution in [0.3, 0.4) is 0 Å². The second kappa shape index (κ2) is 6.90. The third-order valence-corrected chi connectivity index (χ3v) is 6.22. The van der Waals surface area contributed by atoms with E-state index in [1.165, 1.54) is 29.8 Å². The van der Waals surface area contributed by atoms with Crippen molar-refractivity contribution in [3.05, 3.63) is 57.9 Å². The molecule has 1 aromatic heterocycles. The largest absolute Gasteiger partial charge is 0.346 e. The molecule has 1 aromatic carbocycles. The van der Waals surface area contributed by atoms with Crippen LogP contribution < -0.4 is 4.72 Å². The van der Waals surface area contributed by atoms with E-state index in [1.54, 1.807) is 24.3 Å². The molecule has 0 spiro atoms. The van der Waals surface area contributed by atoms with Crippen molar-refractivity contribution in [1.82, 2.24) is 9.29 Å². The molecule has 0 aliphatic heterocycles. The van der Waals surface area contributed by atoms with Crippen molar-refractivity contribution in [1.29, 1.82) is 0 Å². The molecule has 0 radical (unpaired) electrons. The minimum Gasteiger partial charge on any atom is -0.346 e. The summed E-state index contributed by atoms with van der Waals surface area (Å²) in [6.07, 6.45) is 3.20. The standard InChI is InChI=1S/C18H23ClN2O2S/c1-13-11-15(14(2)21(13)17-7-8-17)9-10-20-24(22,23)12-16-5-3-4-6-18(16)19/h3-6,11,17,20H,7-10,12H2,1-2H3. The molecule has 0 saturated heterocycles. The van der Waals surface area contributed by atoms with Crippen molar-refractivity contribution in [2.45, 2.75) is 44.9 Å². The van der Waals surface area contributed by atoms with E-state index < -0.39 is 10.0 Å². The summed E-state index contributed by atoms with van der Waals surface area (Å²) in [6.45, 7) is 4.65. The van der Waals surface area contributed by atoms with Gasteiger partial charge in [-0.2, -0.15) is 0 Å². The normalized spacial score (nSPS) is 15.0. The van der Waals surface area contributed by atoms with Gasteiger partial charge >= 0.3 is 0 Å². The van der Waals surface area contributed by atoms with Crippen LogP contribution in [-0.2, 0) is 22.2 Å². The van der Waals surface area contributed by atoms with E-state index in [2.05, 4.69) is 29.2 Å². The Morgan fingerprint density at radius 3 is 2.58 bits per heavy atom. The van der Waals surface area contributed by atoms with Gasteiger partial charge in [-0.15, -0.1) is 0 Å². The van der Waals surface area contributed by atoms with Gasteiger partial charge in [0.1, 0.15) is 0 Å². The summed E-state index contributed by atoms with van der Waals surface area (Å²) in [5, 5.41) is 0.482. The van der Waals surface area contributed by atoms with Crippen molar-refractivity contribution < 1.29 is 8.42 Å². The maximum Gasteiger partial charge on any atom is 0.215 e. The Morgan fingerprint density at radius 2 is 1.92 bits per heavy atom. The Kier molecular flexibility index (Phi) is 5.04. The van der Waals surface area contributed by atoms with E-state index in [1.807, 2.05) is 0 Å². The minimum absolute atomic E-state index is 0.0895. The van der Waals surface area contributed by atoms with Crippen LogP contribution >= 0.6 is 11.6 Å². The summed E-state index contributed by atoms with van der Waals surface area (Å²) < 4.78 is 29.6. The summed E-state index contributed by atoms with van der Waals surface area (Å²) in [5.41, 5.74) is 4.38. The Hall–Kier alpha value is -1.30. The van der Waals surface area contributed by atoms with E-state index in [-0.39, 0.29) is 5.75 Å². The Bertz CT molecular complexity index is 839. The molecule has 0 unspecified atom stereocenters. The number of nitrogens with zero attached hydrogens (tertiary/aromatic N) is 1. The van der Waals surface area contributed by atoms with Gasteiger partial charge in [0.15, 0.2) is 0 Å². The predicted molar refractivity (Wildman–Crippen MR) is 98.0 cm³/mol. The zero-order valence-corrected chi connectivity index (χ0v) is 15.6. The number of aryl methyl sites for hydroxylation is 1. The molecule has 4 nitrogen and oxygen atoms in total. The van der Waals surface area contributed by atoms with Crippen molar-refractivity contribution >= 4 is 21.6 Å².